The van der Waals surface area contributed by atoms with E-state index in [4.69, 9.17) is 4.74 Å². The van der Waals surface area contributed by atoms with Gasteiger partial charge >= 0.3 is 5.97 Å². The van der Waals surface area contributed by atoms with E-state index in [-0.39, 0.29) is 17.5 Å². The van der Waals surface area contributed by atoms with Crippen LogP contribution >= 0.6 is 0 Å². The first-order chi connectivity index (χ1) is 11.5. The number of imide groups is 1. The zero-order chi connectivity index (χ0) is 17.3. The third-order valence-electron chi connectivity index (χ3n) is 3.95. The summed E-state index contributed by atoms with van der Waals surface area (Å²) in [7, 11) is 1.19. The van der Waals surface area contributed by atoms with Crippen LogP contribution in [0.15, 0.2) is 48.5 Å². The molecule has 0 radical (unpaired) electrons. The van der Waals surface area contributed by atoms with Crippen molar-refractivity contribution in [1.82, 2.24) is 4.90 Å². The lowest BCUT2D eigenvalue weighted by Crippen LogP contribution is -2.46. The molecule has 1 atom stereocenters. The number of benzene rings is 2. The summed E-state index contributed by atoms with van der Waals surface area (Å²) in [5.41, 5.74) is 1.13. The molecule has 0 aliphatic carbocycles. The average molecular weight is 327 g/mol. The van der Waals surface area contributed by atoms with E-state index in [9.17, 15) is 18.8 Å². The van der Waals surface area contributed by atoms with E-state index < -0.39 is 29.6 Å². The van der Waals surface area contributed by atoms with Crippen LogP contribution in [0.25, 0.3) is 0 Å². The Labute approximate surface area is 137 Å². The van der Waals surface area contributed by atoms with Crippen molar-refractivity contribution in [3.8, 4) is 0 Å². The zero-order valence-electron chi connectivity index (χ0n) is 12.9. The van der Waals surface area contributed by atoms with Gasteiger partial charge in [-0.3, -0.25) is 14.5 Å². The van der Waals surface area contributed by atoms with Crippen LogP contribution in [0.3, 0.4) is 0 Å². The lowest BCUT2D eigenvalue weighted by Gasteiger charge is -2.24. The number of hydrogen-bond acceptors (Lipinski definition) is 4. The smallest absolute Gasteiger partial charge is 0.329 e. The van der Waals surface area contributed by atoms with Crippen LogP contribution in [-0.2, 0) is 16.0 Å². The van der Waals surface area contributed by atoms with Gasteiger partial charge in [-0.2, -0.15) is 0 Å². The summed E-state index contributed by atoms with van der Waals surface area (Å²) in [6.07, 6.45) is 0.0540. The molecule has 0 N–H and O–H groups in total. The minimum atomic E-state index is -1.10. The van der Waals surface area contributed by atoms with Crippen molar-refractivity contribution in [3.63, 3.8) is 0 Å². The maximum absolute atomic E-state index is 13.0. The predicted molar refractivity (Wildman–Crippen MR) is 82.9 cm³/mol. The standard InChI is InChI=1S/C18H14FNO4/c1-24-18(23)15(10-11-6-8-12(19)9-7-11)20-16(21)13-4-2-3-5-14(13)17(20)22/h2-9,15H,10H2,1H3/t15-/m0/s1. The van der Waals surface area contributed by atoms with Gasteiger partial charge in [0.05, 0.1) is 18.2 Å². The van der Waals surface area contributed by atoms with Crippen LogP contribution in [0, 0.1) is 5.82 Å². The highest BCUT2D eigenvalue weighted by molar-refractivity contribution is 6.22. The molecular formula is C18H14FNO4. The monoisotopic (exact) mass is 327 g/mol. The van der Waals surface area contributed by atoms with Crippen molar-refractivity contribution < 1.29 is 23.5 Å². The number of ether oxygens (including phenoxy) is 1. The van der Waals surface area contributed by atoms with Crippen LogP contribution < -0.4 is 0 Å². The fraction of sp³-hybridized carbons (Fsp3) is 0.167. The first-order valence-corrected chi connectivity index (χ1v) is 7.32. The first kappa shape index (κ1) is 15.9. The number of carbonyl (C=O) groups is 3. The maximum Gasteiger partial charge on any atom is 0.329 e. The van der Waals surface area contributed by atoms with Crippen molar-refractivity contribution in [2.45, 2.75) is 12.5 Å². The summed E-state index contributed by atoms with van der Waals surface area (Å²) < 4.78 is 17.8. The molecule has 1 heterocycles. The number of fused-ring (bicyclic) bond motifs is 1. The van der Waals surface area contributed by atoms with E-state index in [2.05, 4.69) is 0 Å². The zero-order valence-corrected chi connectivity index (χ0v) is 12.9. The second kappa shape index (κ2) is 6.23. The van der Waals surface area contributed by atoms with Gasteiger partial charge in [0.2, 0.25) is 0 Å². The number of nitrogens with zero attached hydrogens (tertiary/aromatic N) is 1. The number of carbonyl (C=O) groups excluding carboxylic acids is 3. The molecule has 0 spiro atoms. The summed E-state index contributed by atoms with van der Waals surface area (Å²) in [6.45, 7) is 0. The summed E-state index contributed by atoms with van der Waals surface area (Å²) >= 11 is 0. The Morgan fingerprint density at radius 2 is 1.58 bits per heavy atom. The molecule has 122 valence electrons. The molecule has 2 amide bonds. The van der Waals surface area contributed by atoms with E-state index in [1.807, 2.05) is 0 Å². The summed E-state index contributed by atoms with van der Waals surface area (Å²) in [6, 6.07) is 10.8. The third-order valence-corrected chi connectivity index (χ3v) is 3.95. The van der Waals surface area contributed by atoms with Gasteiger partial charge in [0.1, 0.15) is 11.9 Å². The Hall–Kier alpha value is -3.02. The molecule has 6 heteroatoms. The van der Waals surface area contributed by atoms with Crippen molar-refractivity contribution in [3.05, 3.63) is 71.0 Å². The predicted octanol–water partition coefficient (Wildman–Crippen LogP) is 2.21. The van der Waals surface area contributed by atoms with Crippen LogP contribution in [0.2, 0.25) is 0 Å². The Balaban J connectivity index is 1.95. The Kier molecular flexibility index (Phi) is 4.12. The van der Waals surface area contributed by atoms with Crippen molar-refractivity contribution in [1.29, 1.82) is 0 Å². The summed E-state index contributed by atoms with van der Waals surface area (Å²) in [5.74, 6) is -2.18. The van der Waals surface area contributed by atoms with Gasteiger partial charge in [-0.25, -0.2) is 9.18 Å². The van der Waals surface area contributed by atoms with Gasteiger partial charge in [0, 0.05) is 6.42 Å². The molecule has 2 aromatic rings. The number of esters is 1. The molecule has 5 nitrogen and oxygen atoms in total. The highest BCUT2D eigenvalue weighted by Gasteiger charge is 2.43. The van der Waals surface area contributed by atoms with E-state index in [0.29, 0.717) is 5.56 Å². The number of hydrogen-bond donors (Lipinski definition) is 0. The van der Waals surface area contributed by atoms with Gasteiger partial charge in [0.25, 0.3) is 11.8 Å². The van der Waals surface area contributed by atoms with Crippen LogP contribution in [-0.4, -0.2) is 35.8 Å². The van der Waals surface area contributed by atoms with Gasteiger partial charge in [-0.15, -0.1) is 0 Å². The number of amides is 2. The third kappa shape index (κ3) is 2.67. The van der Waals surface area contributed by atoms with Crippen molar-refractivity contribution in [2.75, 3.05) is 7.11 Å². The molecule has 0 fully saturated rings. The molecular weight excluding hydrogens is 313 g/mol. The molecule has 0 aromatic heterocycles. The second-order valence-corrected chi connectivity index (χ2v) is 5.40. The normalized spacial score (nSPS) is 14.5. The molecule has 3 rings (SSSR count). The van der Waals surface area contributed by atoms with E-state index in [1.54, 1.807) is 24.3 Å². The maximum atomic E-state index is 13.0. The summed E-state index contributed by atoms with van der Waals surface area (Å²) in [5, 5.41) is 0. The highest BCUT2D eigenvalue weighted by Crippen LogP contribution is 2.26. The Morgan fingerprint density at radius 1 is 1.04 bits per heavy atom. The topological polar surface area (TPSA) is 63.7 Å². The molecule has 0 saturated heterocycles. The minimum Gasteiger partial charge on any atom is -0.467 e. The lowest BCUT2D eigenvalue weighted by atomic mass is 10.0. The number of methoxy groups -OCH3 is 1. The molecule has 1 aliphatic rings. The van der Waals surface area contributed by atoms with Crippen LogP contribution in [0.1, 0.15) is 26.3 Å². The van der Waals surface area contributed by atoms with Crippen molar-refractivity contribution in [2.24, 2.45) is 0 Å². The highest BCUT2D eigenvalue weighted by atomic mass is 19.1. The summed E-state index contributed by atoms with van der Waals surface area (Å²) in [4.78, 5) is 38.2. The second-order valence-electron chi connectivity index (χ2n) is 5.40. The fourth-order valence-electron chi connectivity index (χ4n) is 2.75. The van der Waals surface area contributed by atoms with Gasteiger partial charge < -0.3 is 4.74 Å². The largest absolute Gasteiger partial charge is 0.467 e. The molecule has 2 aromatic carbocycles. The number of rotatable bonds is 4. The molecule has 24 heavy (non-hydrogen) atoms. The molecule has 0 bridgehead atoms. The van der Waals surface area contributed by atoms with Gasteiger partial charge in [-0.1, -0.05) is 24.3 Å². The van der Waals surface area contributed by atoms with Crippen LogP contribution in [0.4, 0.5) is 4.39 Å². The SMILES string of the molecule is COC(=O)[C@H](Cc1ccc(F)cc1)N1C(=O)c2ccccc2C1=O. The van der Waals surface area contributed by atoms with E-state index >= 15 is 0 Å². The average Bonchev–Trinajstić information content (AvgIpc) is 2.85. The molecule has 0 saturated carbocycles. The molecule has 1 aliphatic heterocycles. The Morgan fingerprint density at radius 3 is 2.08 bits per heavy atom. The molecule has 0 unspecified atom stereocenters. The van der Waals surface area contributed by atoms with Crippen molar-refractivity contribution >= 4 is 17.8 Å². The minimum absolute atomic E-state index is 0.0540. The first-order valence-electron chi connectivity index (χ1n) is 7.32. The Bertz CT molecular complexity index is 781. The fourth-order valence-corrected chi connectivity index (χ4v) is 2.75. The van der Waals surface area contributed by atoms with E-state index in [0.717, 1.165) is 4.90 Å². The van der Waals surface area contributed by atoms with Crippen LogP contribution in [0.5, 0.6) is 0 Å². The lowest BCUT2D eigenvalue weighted by molar-refractivity contribution is -0.145. The van der Waals surface area contributed by atoms with E-state index in [1.165, 1.54) is 31.4 Å². The quantitative estimate of drug-likeness (QED) is 0.638. The van der Waals surface area contributed by atoms with Gasteiger partial charge in [-0.05, 0) is 29.8 Å². The van der Waals surface area contributed by atoms with Gasteiger partial charge in [0.15, 0.2) is 0 Å². The number of halogens is 1.